The summed E-state index contributed by atoms with van der Waals surface area (Å²) < 4.78 is 3.29. The maximum absolute atomic E-state index is 5.93. The van der Waals surface area contributed by atoms with Crippen LogP contribution in [0.1, 0.15) is 6.42 Å². The lowest BCUT2D eigenvalue weighted by Gasteiger charge is -2.05. The number of anilines is 1. The Morgan fingerprint density at radius 2 is 2.31 bits per heavy atom. The molecule has 2 aromatic rings. The highest BCUT2D eigenvalue weighted by molar-refractivity contribution is 14.1. The minimum atomic E-state index is 0.623. The zero-order chi connectivity index (χ0) is 11.5. The van der Waals surface area contributed by atoms with Crippen LogP contribution < -0.4 is 5.73 Å². The fraction of sp³-hybridized carbons (Fsp3) is 0.364. The summed E-state index contributed by atoms with van der Waals surface area (Å²) in [7, 11) is 0. The Labute approximate surface area is 113 Å². The van der Waals surface area contributed by atoms with Gasteiger partial charge in [0, 0.05) is 10.1 Å². The van der Waals surface area contributed by atoms with Gasteiger partial charge in [-0.3, -0.25) is 0 Å². The maximum Gasteiger partial charge on any atom is 0.201 e. The SMILES string of the molecule is CSCCCn1c(N)nc2cc(I)ccc21. The lowest BCUT2D eigenvalue weighted by molar-refractivity contribution is 0.712. The van der Waals surface area contributed by atoms with Gasteiger partial charge in [0.25, 0.3) is 0 Å². The lowest BCUT2D eigenvalue weighted by atomic mass is 10.3. The van der Waals surface area contributed by atoms with Crippen molar-refractivity contribution in [1.29, 1.82) is 0 Å². The van der Waals surface area contributed by atoms with Crippen molar-refractivity contribution in [2.24, 2.45) is 0 Å². The van der Waals surface area contributed by atoms with Crippen LogP contribution in [0.2, 0.25) is 0 Å². The number of nitrogens with two attached hydrogens (primary N) is 1. The summed E-state index contributed by atoms with van der Waals surface area (Å²) in [6, 6.07) is 6.26. The zero-order valence-corrected chi connectivity index (χ0v) is 12.1. The Kier molecular flexibility index (Phi) is 3.96. The molecule has 16 heavy (non-hydrogen) atoms. The monoisotopic (exact) mass is 347 g/mol. The molecule has 3 nitrogen and oxygen atoms in total. The number of aryl methyl sites for hydroxylation is 1. The van der Waals surface area contributed by atoms with Crippen LogP contribution in [0, 0.1) is 3.57 Å². The van der Waals surface area contributed by atoms with Crippen LogP contribution >= 0.6 is 34.4 Å². The number of nitrogens with zero attached hydrogens (tertiary/aromatic N) is 2. The first kappa shape index (κ1) is 12.0. The Bertz CT molecular complexity index is 495. The van der Waals surface area contributed by atoms with Crippen LogP contribution in [0.3, 0.4) is 0 Å². The number of rotatable bonds is 4. The molecule has 1 aromatic heterocycles. The number of imidazole rings is 1. The fourth-order valence-electron chi connectivity index (χ4n) is 1.72. The summed E-state index contributed by atoms with van der Waals surface area (Å²) in [6.07, 6.45) is 3.25. The van der Waals surface area contributed by atoms with Gasteiger partial charge < -0.3 is 10.3 Å². The second kappa shape index (κ2) is 5.27. The molecule has 0 atom stereocenters. The number of fused-ring (bicyclic) bond motifs is 1. The molecule has 0 bridgehead atoms. The molecule has 1 aromatic carbocycles. The molecule has 0 saturated heterocycles. The van der Waals surface area contributed by atoms with E-state index in [9.17, 15) is 0 Å². The summed E-state index contributed by atoms with van der Waals surface area (Å²) in [5.41, 5.74) is 8.06. The van der Waals surface area contributed by atoms with Gasteiger partial charge in [0.2, 0.25) is 5.95 Å². The van der Waals surface area contributed by atoms with E-state index in [1.165, 1.54) is 3.57 Å². The number of halogens is 1. The predicted molar refractivity (Wildman–Crippen MR) is 79.9 cm³/mol. The number of nitrogen functional groups attached to an aromatic ring is 1. The summed E-state index contributed by atoms with van der Waals surface area (Å²) in [6.45, 7) is 0.948. The van der Waals surface area contributed by atoms with E-state index in [0.717, 1.165) is 29.8 Å². The molecule has 0 radical (unpaired) electrons. The van der Waals surface area contributed by atoms with Crippen LogP contribution in [0.4, 0.5) is 5.95 Å². The standard InChI is InChI=1S/C11H14IN3S/c1-16-6-2-5-15-10-4-3-8(12)7-9(10)14-11(15)13/h3-4,7H,2,5-6H2,1H3,(H2,13,14). The van der Waals surface area contributed by atoms with Gasteiger partial charge in [-0.15, -0.1) is 0 Å². The van der Waals surface area contributed by atoms with E-state index in [0.29, 0.717) is 5.95 Å². The third-order valence-electron chi connectivity index (χ3n) is 2.47. The molecule has 0 spiro atoms. The Morgan fingerprint density at radius 1 is 1.50 bits per heavy atom. The predicted octanol–water partition coefficient (Wildman–Crippen LogP) is 2.98. The Hall–Kier alpha value is -0.430. The van der Waals surface area contributed by atoms with Gasteiger partial charge in [0.05, 0.1) is 11.0 Å². The van der Waals surface area contributed by atoms with Gasteiger partial charge in [0.1, 0.15) is 0 Å². The number of hydrogen-bond donors (Lipinski definition) is 1. The molecular formula is C11H14IN3S. The normalized spacial score (nSPS) is 11.1. The van der Waals surface area contributed by atoms with Gasteiger partial charge in [-0.2, -0.15) is 11.8 Å². The average Bonchev–Trinajstić information content (AvgIpc) is 2.55. The summed E-state index contributed by atoms with van der Waals surface area (Å²) >= 11 is 4.15. The molecule has 0 saturated carbocycles. The number of hydrogen-bond acceptors (Lipinski definition) is 3. The van der Waals surface area contributed by atoms with Crippen LogP contribution in [0.5, 0.6) is 0 Å². The Morgan fingerprint density at radius 3 is 3.06 bits per heavy atom. The smallest absolute Gasteiger partial charge is 0.201 e. The van der Waals surface area contributed by atoms with Crippen molar-refractivity contribution < 1.29 is 0 Å². The van der Waals surface area contributed by atoms with E-state index in [1.54, 1.807) is 0 Å². The van der Waals surface area contributed by atoms with E-state index in [4.69, 9.17) is 5.73 Å². The zero-order valence-electron chi connectivity index (χ0n) is 9.11. The molecule has 5 heteroatoms. The van der Waals surface area contributed by atoms with Gasteiger partial charge in [-0.25, -0.2) is 4.98 Å². The van der Waals surface area contributed by atoms with E-state index in [-0.39, 0.29) is 0 Å². The van der Waals surface area contributed by atoms with Gasteiger partial charge in [-0.05, 0) is 59.2 Å². The van der Waals surface area contributed by atoms with Crippen molar-refractivity contribution >= 4 is 51.3 Å². The van der Waals surface area contributed by atoms with Crippen molar-refractivity contribution in [2.45, 2.75) is 13.0 Å². The average molecular weight is 347 g/mol. The summed E-state index contributed by atoms with van der Waals surface area (Å²) in [4.78, 5) is 4.38. The molecule has 0 amide bonds. The first-order chi connectivity index (χ1) is 7.72. The lowest BCUT2D eigenvalue weighted by Crippen LogP contribution is -2.04. The van der Waals surface area contributed by atoms with Crippen LogP contribution in [-0.4, -0.2) is 21.6 Å². The van der Waals surface area contributed by atoms with Crippen molar-refractivity contribution in [2.75, 3.05) is 17.7 Å². The minimum absolute atomic E-state index is 0.623. The van der Waals surface area contributed by atoms with Gasteiger partial charge in [-0.1, -0.05) is 0 Å². The molecule has 2 rings (SSSR count). The third kappa shape index (κ3) is 2.45. The van der Waals surface area contributed by atoms with E-state index >= 15 is 0 Å². The van der Waals surface area contributed by atoms with Crippen molar-refractivity contribution in [3.63, 3.8) is 0 Å². The van der Waals surface area contributed by atoms with Crippen LogP contribution in [-0.2, 0) is 6.54 Å². The minimum Gasteiger partial charge on any atom is -0.369 e. The second-order valence-electron chi connectivity index (χ2n) is 3.60. The molecule has 0 fully saturated rings. The molecule has 0 aliphatic carbocycles. The summed E-state index contributed by atoms with van der Waals surface area (Å²) in [5.74, 6) is 1.78. The fourth-order valence-corrected chi connectivity index (χ4v) is 2.62. The topological polar surface area (TPSA) is 43.8 Å². The highest BCUT2D eigenvalue weighted by Gasteiger charge is 2.07. The van der Waals surface area contributed by atoms with Crippen molar-refractivity contribution in [3.8, 4) is 0 Å². The van der Waals surface area contributed by atoms with Crippen LogP contribution in [0.15, 0.2) is 18.2 Å². The summed E-state index contributed by atoms with van der Waals surface area (Å²) in [5, 5.41) is 0. The van der Waals surface area contributed by atoms with Crippen molar-refractivity contribution in [1.82, 2.24) is 9.55 Å². The molecule has 2 N–H and O–H groups in total. The van der Waals surface area contributed by atoms with E-state index < -0.39 is 0 Å². The van der Waals surface area contributed by atoms with E-state index in [1.807, 2.05) is 11.8 Å². The molecule has 0 aliphatic rings. The van der Waals surface area contributed by atoms with Crippen molar-refractivity contribution in [3.05, 3.63) is 21.8 Å². The molecular weight excluding hydrogens is 333 g/mol. The molecule has 0 unspecified atom stereocenters. The van der Waals surface area contributed by atoms with Gasteiger partial charge in [0.15, 0.2) is 0 Å². The number of aromatic nitrogens is 2. The molecule has 0 aliphatic heterocycles. The second-order valence-corrected chi connectivity index (χ2v) is 5.83. The molecule has 1 heterocycles. The largest absolute Gasteiger partial charge is 0.369 e. The van der Waals surface area contributed by atoms with E-state index in [2.05, 4.69) is 56.6 Å². The maximum atomic E-state index is 5.93. The van der Waals surface area contributed by atoms with Crippen LogP contribution in [0.25, 0.3) is 11.0 Å². The highest BCUT2D eigenvalue weighted by atomic mass is 127. The first-order valence-corrected chi connectivity index (χ1v) is 7.60. The highest BCUT2D eigenvalue weighted by Crippen LogP contribution is 2.20. The quantitative estimate of drug-likeness (QED) is 0.683. The van der Waals surface area contributed by atoms with Gasteiger partial charge >= 0.3 is 0 Å². The number of thioether (sulfide) groups is 1. The first-order valence-electron chi connectivity index (χ1n) is 5.12. The Balaban J connectivity index is 2.32. The molecule has 86 valence electrons. The third-order valence-corrected chi connectivity index (χ3v) is 3.84. The number of benzene rings is 1.